The van der Waals surface area contributed by atoms with Crippen molar-refractivity contribution in [2.45, 2.75) is 44.9 Å². The van der Waals surface area contributed by atoms with Gasteiger partial charge in [-0.05, 0) is 44.5 Å². The smallest absolute Gasteiger partial charge is 0.237 e. The fourth-order valence-electron chi connectivity index (χ4n) is 3.07. The van der Waals surface area contributed by atoms with Gasteiger partial charge in [0.05, 0.1) is 25.4 Å². The molecule has 2 aromatic rings. The molecule has 1 fully saturated rings. The number of amides is 1. The van der Waals surface area contributed by atoms with E-state index in [4.69, 9.17) is 4.42 Å². The summed E-state index contributed by atoms with van der Waals surface area (Å²) in [7, 11) is 0. The van der Waals surface area contributed by atoms with Crippen LogP contribution in [0.2, 0.25) is 0 Å². The summed E-state index contributed by atoms with van der Waals surface area (Å²) in [5, 5.41) is 7.21. The van der Waals surface area contributed by atoms with Crippen LogP contribution in [0.3, 0.4) is 0 Å². The van der Waals surface area contributed by atoms with Gasteiger partial charge in [0.2, 0.25) is 5.91 Å². The zero-order valence-corrected chi connectivity index (χ0v) is 12.8. The van der Waals surface area contributed by atoms with Crippen molar-refractivity contribution in [1.82, 2.24) is 20.0 Å². The van der Waals surface area contributed by atoms with E-state index >= 15 is 0 Å². The molecular formula is C16H22N4O2. The van der Waals surface area contributed by atoms with Crippen LogP contribution in [0, 0.1) is 0 Å². The van der Waals surface area contributed by atoms with Crippen LogP contribution in [-0.2, 0) is 17.9 Å². The van der Waals surface area contributed by atoms with E-state index in [-0.39, 0.29) is 11.9 Å². The molecular weight excluding hydrogens is 280 g/mol. The summed E-state index contributed by atoms with van der Waals surface area (Å²) >= 11 is 0. The molecule has 0 unspecified atom stereocenters. The summed E-state index contributed by atoms with van der Waals surface area (Å²) in [5.74, 6) is 0.818. The van der Waals surface area contributed by atoms with Crippen LogP contribution in [0.1, 0.15) is 25.5 Å². The van der Waals surface area contributed by atoms with Crippen LogP contribution < -0.4 is 5.32 Å². The molecule has 6 nitrogen and oxygen atoms in total. The molecule has 0 aliphatic carbocycles. The molecule has 1 N–H and O–H groups in total. The monoisotopic (exact) mass is 302 g/mol. The van der Waals surface area contributed by atoms with Crippen molar-refractivity contribution >= 4 is 5.91 Å². The molecule has 6 heteroatoms. The first-order valence-corrected chi connectivity index (χ1v) is 7.77. The summed E-state index contributed by atoms with van der Waals surface area (Å²) in [6, 6.07) is 5.84. The fourth-order valence-corrected chi connectivity index (χ4v) is 3.07. The number of carbonyl (C=O) groups is 1. The van der Waals surface area contributed by atoms with Crippen LogP contribution in [0.5, 0.6) is 0 Å². The highest BCUT2D eigenvalue weighted by Crippen LogP contribution is 2.21. The highest BCUT2D eigenvalue weighted by Gasteiger charge is 2.32. The van der Waals surface area contributed by atoms with E-state index in [0.29, 0.717) is 12.6 Å². The van der Waals surface area contributed by atoms with Crippen LogP contribution in [-0.4, -0.2) is 39.2 Å². The molecule has 0 bridgehead atoms. The maximum atomic E-state index is 12.4. The van der Waals surface area contributed by atoms with Gasteiger partial charge in [-0.25, -0.2) is 0 Å². The standard InChI is InChI=1S/C16H22N4O2/c1-13(16(21)17-11-15-6-3-10-22-15)20-9-2-5-14(20)12-19-8-4-7-18-19/h3-4,6-8,10,13-14H,2,5,9,11-12H2,1H3,(H,17,21)/t13-,14+/m0/s1. The zero-order chi connectivity index (χ0) is 15.4. The summed E-state index contributed by atoms with van der Waals surface area (Å²) in [4.78, 5) is 14.6. The number of rotatable bonds is 6. The maximum Gasteiger partial charge on any atom is 0.237 e. The molecule has 3 heterocycles. The molecule has 0 aromatic carbocycles. The number of furan rings is 1. The Balaban J connectivity index is 1.55. The molecule has 1 aliphatic heterocycles. The van der Waals surface area contributed by atoms with Crippen molar-refractivity contribution < 1.29 is 9.21 Å². The Morgan fingerprint density at radius 2 is 2.45 bits per heavy atom. The second-order valence-corrected chi connectivity index (χ2v) is 5.74. The minimum absolute atomic E-state index is 0.0452. The van der Waals surface area contributed by atoms with Crippen molar-refractivity contribution in [3.8, 4) is 0 Å². The van der Waals surface area contributed by atoms with Crippen LogP contribution in [0.25, 0.3) is 0 Å². The van der Waals surface area contributed by atoms with Gasteiger partial charge < -0.3 is 9.73 Å². The highest BCUT2D eigenvalue weighted by molar-refractivity contribution is 5.81. The zero-order valence-electron chi connectivity index (χ0n) is 12.8. The Kier molecular flexibility index (Phi) is 4.58. The lowest BCUT2D eigenvalue weighted by molar-refractivity contribution is -0.126. The third-order valence-corrected chi connectivity index (χ3v) is 4.27. The quantitative estimate of drug-likeness (QED) is 0.881. The lowest BCUT2D eigenvalue weighted by Crippen LogP contribution is -2.48. The van der Waals surface area contributed by atoms with Gasteiger partial charge >= 0.3 is 0 Å². The molecule has 0 spiro atoms. The topological polar surface area (TPSA) is 63.3 Å². The first-order chi connectivity index (χ1) is 10.7. The summed E-state index contributed by atoms with van der Waals surface area (Å²) < 4.78 is 7.18. The van der Waals surface area contributed by atoms with Gasteiger partial charge in [-0.1, -0.05) is 0 Å². The predicted molar refractivity (Wildman–Crippen MR) is 82.0 cm³/mol. The molecule has 1 amide bonds. The van der Waals surface area contributed by atoms with Crippen molar-refractivity contribution in [3.63, 3.8) is 0 Å². The van der Waals surface area contributed by atoms with Crippen molar-refractivity contribution in [2.75, 3.05) is 6.54 Å². The van der Waals surface area contributed by atoms with E-state index in [2.05, 4.69) is 15.3 Å². The number of nitrogens with one attached hydrogen (secondary N) is 1. The maximum absolute atomic E-state index is 12.4. The normalized spacial score (nSPS) is 20.1. The van der Waals surface area contributed by atoms with E-state index in [1.54, 1.807) is 12.5 Å². The van der Waals surface area contributed by atoms with Crippen LogP contribution in [0.4, 0.5) is 0 Å². The van der Waals surface area contributed by atoms with E-state index in [9.17, 15) is 4.79 Å². The van der Waals surface area contributed by atoms with Crippen molar-refractivity contribution in [2.24, 2.45) is 0 Å². The van der Waals surface area contributed by atoms with Gasteiger partial charge in [-0.2, -0.15) is 5.10 Å². The number of likely N-dealkylation sites (tertiary alicyclic amines) is 1. The van der Waals surface area contributed by atoms with Gasteiger partial charge in [0, 0.05) is 18.4 Å². The number of hydrogen-bond acceptors (Lipinski definition) is 4. The Morgan fingerprint density at radius 3 is 3.18 bits per heavy atom. The lowest BCUT2D eigenvalue weighted by Gasteiger charge is -2.29. The Morgan fingerprint density at radius 1 is 1.55 bits per heavy atom. The first kappa shape index (κ1) is 14.8. The van der Waals surface area contributed by atoms with Gasteiger partial charge in [-0.3, -0.25) is 14.4 Å². The minimum Gasteiger partial charge on any atom is -0.467 e. The lowest BCUT2D eigenvalue weighted by atomic mass is 10.2. The Hall–Kier alpha value is -2.08. The average molecular weight is 302 g/mol. The molecule has 22 heavy (non-hydrogen) atoms. The van der Waals surface area contributed by atoms with Crippen LogP contribution in [0.15, 0.2) is 41.3 Å². The summed E-state index contributed by atoms with van der Waals surface area (Å²) in [6.45, 7) is 4.21. The van der Waals surface area contributed by atoms with E-state index in [1.807, 2.05) is 36.0 Å². The molecule has 118 valence electrons. The van der Waals surface area contributed by atoms with E-state index < -0.39 is 0 Å². The molecule has 1 saturated heterocycles. The number of aromatic nitrogens is 2. The molecule has 2 atom stereocenters. The first-order valence-electron chi connectivity index (χ1n) is 7.77. The summed E-state index contributed by atoms with van der Waals surface area (Å²) in [5.41, 5.74) is 0. The van der Waals surface area contributed by atoms with Crippen LogP contribution >= 0.6 is 0 Å². The largest absolute Gasteiger partial charge is 0.467 e. The Bertz CT molecular complexity index is 579. The van der Waals surface area contributed by atoms with Gasteiger partial charge in [0.1, 0.15) is 5.76 Å². The molecule has 3 rings (SSSR count). The third-order valence-electron chi connectivity index (χ3n) is 4.27. The summed E-state index contributed by atoms with van der Waals surface area (Å²) in [6.07, 6.45) is 7.61. The predicted octanol–water partition coefficient (Wildman–Crippen LogP) is 1.65. The Labute approximate surface area is 130 Å². The molecule has 1 aliphatic rings. The van der Waals surface area contributed by atoms with E-state index in [0.717, 1.165) is 31.7 Å². The molecule has 0 radical (unpaired) electrons. The SMILES string of the molecule is C[C@@H](C(=O)NCc1ccco1)N1CCC[C@@H]1Cn1cccn1. The second kappa shape index (κ2) is 6.79. The third kappa shape index (κ3) is 3.39. The number of hydrogen-bond donors (Lipinski definition) is 1. The second-order valence-electron chi connectivity index (χ2n) is 5.74. The highest BCUT2D eigenvalue weighted by atomic mass is 16.3. The molecule has 2 aromatic heterocycles. The van der Waals surface area contributed by atoms with Gasteiger partial charge in [0.15, 0.2) is 0 Å². The fraction of sp³-hybridized carbons (Fsp3) is 0.500. The number of carbonyl (C=O) groups excluding carboxylic acids is 1. The van der Waals surface area contributed by atoms with Gasteiger partial charge in [-0.15, -0.1) is 0 Å². The minimum atomic E-state index is -0.141. The average Bonchev–Trinajstić information content (AvgIpc) is 3.27. The van der Waals surface area contributed by atoms with Crippen molar-refractivity contribution in [3.05, 3.63) is 42.6 Å². The number of nitrogens with zero attached hydrogens (tertiary/aromatic N) is 3. The molecule has 0 saturated carbocycles. The van der Waals surface area contributed by atoms with E-state index in [1.165, 1.54) is 0 Å². The van der Waals surface area contributed by atoms with Gasteiger partial charge in [0.25, 0.3) is 0 Å². The van der Waals surface area contributed by atoms with Crippen molar-refractivity contribution in [1.29, 1.82) is 0 Å².